The van der Waals surface area contributed by atoms with Crippen molar-refractivity contribution in [3.05, 3.63) is 53.9 Å². The van der Waals surface area contributed by atoms with Gasteiger partial charge in [0.2, 0.25) is 5.91 Å². The summed E-state index contributed by atoms with van der Waals surface area (Å²) in [5.41, 5.74) is 2.97. The maximum Gasteiger partial charge on any atom is 0.222 e. The van der Waals surface area contributed by atoms with E-state index in [9.17, 15) is 4.79 Å². The topological polar surface area (TPSA) is 62.2 Å². The number of pyridine rings is 1. The van der Waals surface area contributed by atoms with Gasteiger partial charge in [-0.1, -0.05) is 6.07 Å². The number of aryl methyl sites for hydroxylation is 1. The highest BCUT2D eigenvalue weighted by atomic mass is 16.2. The lowest BCUT2D eigenvalue weighted by molar-refractivity contribution is -0.128. The molecule has 0 saturated carbocycles. The van der Waals surface area contributed by atoms with Crippen molar-refractivity contribution in [2.24, 2.45) is 0 Å². The number of hydrogen-bond donors (Lipinski definition) is 0. The monoisotopic (exact) mass is 339 g/mol. The number of rotatable bonds is 6. The van der Waals surface area contributed by atoms with Crippen molar-refractivity contribution < 1.29 is 4.79 Å². The Kier molecular flexibility index (Phi) is 5.71. The second-order valence-electron chi connectivity index (χ2n) is 6.67. The maximum absolute atomic E-state index is 11.8. The molecule has 0 spiro atoms. The summed E-state index contributed by atoms with van der Waals surface area (Å²) in [5, 5.41) is 0. The van der Waals surface area contributed by atoms with Crippen molar-refractivity contribution in [1.82, 2.24) is 24.8 Å². The quantitative estimate of drug-likeness (QED) is 0.808. The van der Waals surface area contributed by atoms with Gasteiger partial charge in [-0.3, -0.25) is 24.6 Å². The second kappa shape index (κ2) is 8.16. The van der Waals surface area contributed by atoms with Gasteiger partial charge in [0.15, 0.2) is 0 Å². The Morgan fingerprint density at radius 3 is 2.92 bits per heavy atom. The zero-order valence-corrected chi connectivity index (χ0v) is 14.9. The van der Waals surface area contributed by atoms with Crippen LogP contribution in [0.25, 0.3) is 0 Å². The SMILES string of the molecule is CN(C)C(=O)CCc1cncc([C@@H]2CCCN2Cc2ccccn2)n1. The van der Waals surface area contributed by atoms with Crippen LogP contribution in [0.4, 0.5) is 0 Å². The molecule has 25 heavy (non-hydrogen) atoms. The minimum absolute atomic E-state index is 0.116. The van der Waals surface area contributed by atoms with E-state index >= 15 is 0 Å². The Hall–Kier alpha value is -2.34. The molecule has 2 aromatic rings. The highest BCUT2D eigenvalue weighted by Gasteiger charge is 2.27. The number of carbonyl (C=O) groups excluding carboxylic acids is 1. The first-order chi connectivity index (χ1) is 12.1. The number of carbonyl (C=O) groups is 1. The first-order valence-corrected chi connectivity index (χ1v) is 8.78. The first kappa shape index (κ1) is 17.5. The molecule has 0 N–H and O–H groups in total. The van der Waals surface area contributed by atoms with E-state index in [0.717, 1.165) is 43.0 Å². The van der Waals surface area contributed by atoms with Gasteiger partial charge in [0.05, 0.1) is 23.1 Å². The van der Waals surface area contributed by atoms with Crippen LogP contribution in [-0.4, -0.2) is 51.3 Å². The number of nitrogens with zero attached hydrogens (tertiary/aromatic N) is 5. The van der Waals surface area contributed by atoms with E-state index in [1.807, 2.05) is 24.5 Å². The van der Waals surface area contributed by atoms with Gasteiger partial charge in [0, 0.05) is 45.7 Å². The average Bonchev–Trinajstić information content (AvgIpc) is 3.09. The Morgan fingerprint density at radius 1 is 1.28 bits per heavy atom. The Labute approximate surface area is 148 Å². The number of amides is 1. The Morgan fingerprint density at radius 2 is 2.16 bits per heavy atom. The van der Waals surface area contributed by atoms with E-state index in [1.54, 1.807) is 25.2 Å². The van der Waals surface area contributed by atoms with E-state index in [-0.39, 0.29) is 11.9 Å². The summed E-state index contributed by atoms with van der Waals surface area (Å²) >= 11 is 0. The molecule has 1 aliphatic rings. The van der Waals surface area contributed by atoms with Gasteiger partial charge in [0.25, 0.3) is 0 Å². The molecule has 1 aliphatic heterocycles. The molecule has 1 atom stereocenters. The third-order valence-electron chi connectivity index (χ3n) is 4.59. The lowest BCUT2D eigenvalue weighted by Gasteiger charge is -2.23. The van der Waals surface area contributed by atoms with Crippen LogP contribution in [0.1, 0.15) is 42.4 Å². The van der Waals surface area contributed by atoms with E-state index in [2.05, 4.69) is 20.9 Å². The molecule has 0 aliphatic carbocycles. The number of hydrogen-bond acceptors (Lipinski definition) is 5. The fourth-order valence-electron chi connectivity index (χ4n) is 3.21. The molecule has 3 heterocycles. The normalized spacial score (nSPS) is 17.6. The van der Waals surface area contributed by atoms with Gasteiger partial charge in [-0.25, -0.2) is 0 Å². The molecule has 1 saturated heterocycles. The third kappa shape index (κ3) is 4.60. The van der Waals surface area contributed by atoms with Crippen LogP contribution in [0, 0.1) is 0 Å². The fourth-order valence-corrected chi connectivity index (χ4v) is 3.21. The highest BCUT2D eigenvalue weighted by Crippen LogP contribution is 2.31. The van der Waals surface area contributed by atoms with Crippen molar-refractivity contribution >= 4 is 5.91 Å². The minimum Gasteiger partial charge on any atom is -0.349 e. The molecular weight excluding hydrogens is 314 g/mol. The first-order valence-electron chi connectivity index (χ1n) is 8.78. The summed E-state index contributed by atoms with van der Waals surface area (Å²) in [6, 6.07) is 6.30. The van der Waals surface area contributed by atoms with Gasteiger partial charge in [-0.15, -0.1) is 0 Å². The molecule has 0 radical (unpaired) electrons. The minimum atomic E-state index is 0.116. The van der Waals surface area contributed by atoms with E-state index in [4.69, 9.17) is 4.98 Å². The van der Waals surface area contributed by atoms with E-state index in [1.165, 1.54) is 0 Å². The van der Waals surface area contributed by atoms with Gasteiger partial charge in [0.1, 0.15) is 0 Å². The summed E-state index contributed by atoms with van der Waals surface area (Å²) in [5.74, 6) is 0.116. The highest BCUT2D eigenvalue weighted by molar-refractivity contribution is 5.75. The Bertz CT molecular complexity index is 704. The molecule has 0 aromatic carbocycles. The predicted octanol–water partition coefficient (Wildman–Crippen LogP) is 2.23. The molecule has 2 aromatic heterocycles. The Balaban J connectivity index is 1.68. The summed E-state index contributed by atoms with van der Waals surface area (Å²) < 4.78 is 0. The number of likely N-dealkylation sites (tertiary alicyclic amines) is 1. The van der Waals surface area contributed by atoms with Crippen LogP contribution in [0.2, 0.25) is 0 Å². The van der Waals surface area contributed by atoms with Gasteiger partial charge < -0.3 is 4.90 Å². The predicted molar refractivity (Wildman–Crippen MR) is 95.7 cm³/mol. The van der Waals surface area contributed by atoms with Crippen LogP contribution in [0.3, 0.4) is 0 Å². The summed E-state index contributed by atoms with van der Waals surface area (Å²) in [4.78, 5) is 29.4. The van der Waals surface area contributed by atoms with Crippen LogP contribution in [0.5, 0.6) is 0 Å². The van der Waals surface area contributed by atoms with Crippen LogP contribution in [0.15, 0.2) is 36.8 Å². The van der Waals surface area contributed by atoms with Crippen molar-refractivity contribution in [3.63, 3.8) is 0 Å². The summed E-state index contributed by atoms with van der Waals surface area (Å²) in [6.07, 6.45) is 8.80. The largest absolute Gasteiger partial charge is 0.349 e. The molecule has 1 fully saturated rings. The third-order valence-corrected chi connectivity index (χ3v) is 4.59. The van der Waals surface area contributed by atoms with Crippen molar-refractivity contribution in [2.45, 2.75) is 38.3 Å². The zero-order valence-electron chi connectivity index (χ0n) is 14.9. The average molecular weight is 339 g/mol. The van der Waals surface area contributed by atoms with Crippen LogP contribution >= 0.6 is 0 Å². The van der Waals surface area contributed by atoms with Crippen LogP contribution < -0.4 is 0 Å². The van der Waals surface area contributed by atoms with Gasteiger partial charge >= 0.3 is 0 Å². The maximum atomic E-state index is 11.8. The van der Waals surface area contributed by atoms with E-state index < -0.39 is 0 Å². The van der Waals surface area contributed by atoms with Crippen molar-refractivity contribution in [2.75, 3.05) is 20.6 Å². The number of aromatic nitrogens is 3. The van der Waals surface area contributed by atoms with Gasteiger partial charge in [-0.2, -0.15) is 0 Å². The lowest BCUT2D eigenvalue weighted by Crippen LogP contribution is -2.24. The van der Waals surface area contributed by atoms with E-state index in [0.29, 0.717) is 12.8 Å². The molecule has 1 amide bonds. The molecule has 6 heteroatoms. The van der Waals surface area contributed by atoms with Crippen molar-refractivity contribution in [3.8, 4) is 0 Å². The molecular formula is C19H25N5O. The molecule has 0 bridgehead atoms. The van der Waals surface area contributed by atoms with Crippen LogP contribution in [-0.2, 0) is 17.8 Å². The second-order valence-corrected chi connectivity index (χ2v) is 6.67. The summed E-state index contributed by atoms with van der Waals surface area (Å²) in [7, 11) is 3.55. The standard InChI is InChI=1S/C19H25N5O/c1-23(2)19(25)9-8-15-12-20-13-17(22-15)18-7-5-11-24(18)14-16-6-3-4-10-21-16/h3-4,6,10,12-13,18H,5,7-9,11,14H2,1-2H3/t18-/m0/s1. The lowest BCUT2D eigenvalue weighted by atomic mass is 10.1. The smallest absolute Gasteiger partial charge is 0.222 e. The molecule has 132 valence electrons. The fraction of sp³-hybridized carbons (Fsp3) is 0.474. The van der Waals surface area contributed by atoms with Gasteiger partial charge in [-0.05, 0) is 37.9 Å². The summed E-state index contributed by atoms with van der Waals surface area (Å²) in [6.45, 7) is 1.88. The zero-order chi connectivity index (χ0) is 17.6. The molecule has 6 nitrogen and oxygen atoms in total. The van der Waals surface area contributed by atoms with Crippen molar-refractivity contribution in [1.29, 1.82) is 0 Å². The molecule has 0 unspecified atom stereocenters. The molecule has 3 rings (SSSR count).